The summed E-state index contributed by atoms with van der Waals surface area (Å²) in [7, 11) is 0. The van der Waals surface area contributed by atoms with Gasteiger partial charge >= 0.3 is 5.97 Å². The quantitative estimate of drug-likeness (QED) is 0.0321. The van der Waals surface area contributed by atoms with E-state index in [1.165, 1.54) is 257 Å². The van der Waals surface area contributed by atoms with Crippen LogP contribution in [0.3, 0.4) is 0 Å². The molecule has 0 aromatic rings. The molecule has 0 aromatic heterocycles. The maximum absolute atomic E-state index is 12.4. The summed E-state index contributed by atoms with van der Waals surface area (Å²) in [5.41, 5.74) is 0. The van der Waals surface area contributed by atoms with E-state index < -0.39 is 12.1 Å². The summed E-state index contributed by atoms with van der Waals surface area (Å²) in [4.78, 5) is 24.4. The van der Waals surface area contributed by atoms with Crippen molar-refractivity contribution in [2.45, 2.75) is 334 Å². The largest absolute Gasteiger partial charge is 0.466 e. The molecule has 0 aromatic carbocycles. The molecular weight excluding hydrogens is 791 g/mol. The van der Waals surface area contributed by atoms with Crippen LogP contribution in [0.4, 0.5) is 0 Å². The van der Waals surface area contributed by atoms with Crippen molar-refractivity contribution < 1.29 is 24.5 Å². The minimum Gasteiger partial charge on any atom is -0.466 e. The average molecular weight is 905 g/mol. The number of carbonyl (C=O) groups excluding carboxylic acids is 2. The molecule has 0 aliphatic carbocycles. The number of carbonyl (C=O) groups is 2. The van der Waals surface area contributed by atoms with Crippen molar-refractivity contribution in [2.24, 2.45) is 0 Å². The highest BCUT2D eigenvalue weighted by atomic mass is 16.5. The van der Waals surface area contributed by atoms with E-state index in [0.717, 1.165) is 38.5 Å². The maximum atomic E-state index is 12.4. The second-order valence-corrected chi connectivity index (χ2v) is 20.0. The van der Waals surface area contributed by atoms with Gasteiger partial charge in [-0.15, -0.1) is 0 Å². The third-order valence-corrected chi connectivity index (χ3v) is 13.6. The lowest BCUT2D eigenvalue weighted by molar-refractivity contribution is -0.143. The Morgan fingerprint density at radius 1 is 0.422 bits per heavy atom. The van der Waals surface area contributed by atoms with Crippen LogP contribution in [-0.2, 0) is 14.3 Å². The lowest BCUT2D eigenvalue weighted by atomic mass is 10.0. The summed E-state index contributed by atoms with van der Waals surface area (Å²) in [5.74, 6) is -0.0510. The Morgan fingerprint density at radius 2 is 0.719 bits per heavy atom. The molecule has 64 heavy (non-hydrogen) atoms. The molecule has 0 rings (SSSR count). The molecule has 0 aliphatic heterocycles. The van der Waals surface area contributed by atoms with Crippen molar-refractivity contribution >= 4 is 11.9 Å². The second-order valence-electron chi connectivity index (χ2n) is 20.0. The lowest BCUT2D eigenvalue weighted by Crippen LogP contribution is -2.45. The monoisotopic (exact) mass is 904 g/mol. The minimum atomic E-state index is -0.840. The van der Waals surface area contributed by atoms with Crippen LogP contribution in [-0.4, -0.2) is 47.4 Å². The van der Waals surface area contributed by atoms with Gasteiger partial charge in [-0.25, -0.2) is 0 Å². The Morgan fingerprint density at radius 3 is 1.06 bits per heavy atom. The molecule has 0 saturated carbocycles. The van der Waals surface area contributed by atoms with Crippen molar-refractivity contribution in [3.63, 3.8) is 0 Å². The summed E-state index contributed by atoms with van der Waals surface area (Å²) in [6, 6.07) is -0.624. The van der Waals surface area contributed by atoms with E-state index in [9.17, 15) is 19.8 Å². The molecule has 0 saturated heterocycles. The molecule has 0 radical (unpaired) electrons. The van der Waals surface area contributed by atoms with Crippen LogP contribution >= 0.6 is 0 Å². The number of unbranched alkanes of at least 4 members (excludes halogenated alkanes) is 43. The van der Waals surface area contributed by atoms with Crippen LogP contribution < -0.4 is 5.32 Å². The van der Waals surface area contributed by atoms with Gasteiger partial charge in [-0.3, -0.25) is 9.59 Å². The Balaban J connectivity index is 3.34. The summed E-state index contributed by atoms with van der Waals surface area (Å²) >= 11 is 0. The zero-order valence-electron chi connectivity index (χ0n) is 43.3. The fraction of sp³-hybridized carbons (Fsp3) is 0.931. The van der Waals surface area contributed by atoms with Gasteiger partial charge in [0.15, 0.2) is 0 Å². The van der Waals surface area contributed by atoms with Gasteiger partial charge in [-0.1, -0.05) is 289 Å². The van der Waals surface area contributed by atoms with Gasteiger partial charge in [-0.2, -0.15) is 0 Å². The Labute approximate surface area is 399 Å². The molecule has 1 amide bonds. The van der Waals surface area contributed by atoms with E-state index in [2.05, 4.69) is 19.2 Å². The van der Waals surface area contributed by atoms with E-state index in [-0.39, 0.29) is 18.5 Å². The van der Waals surface area contributed by atoms with Gasteiger partial charge in [0.25, 0.3) is 0 Å². The number of allylic oxidation sites excluding steroid dienone is 1. The summed E-state index contributed by atoms with van der Waals surface area (Å²) in [5, 5.41) is 23.0. The molecule has 6 nitrogen and oxygen atoms in total. The molecular formula is C58H113NO5. The van der Waals surface area contributed by atoms with Crippen molar-refractivity contribution in [3.8, 4) is 0 Å². The first-order valence-electron chi connectivity index (χ1n) is 29.0. The van der Waals surface area contributed by atoms with Crippen molar-refractivity contribution in [3.05, 3.63) is 12.2 Å². The number of hydrogen-bond donors (Lipinski definition) is 3. The fourth-order valence-electron chi connectivity index (χ4n) is 9.11. The predicted molar refractivity (Wildman–Crippen MR) is 278 cm³/mol. The summed E-state index contributed by atoms with van der Waals surface area (Å²) in [6.45, 7) is 4.90. The van der Waals surface area contributed by atoms with Crippen LogP contribution in [0, 0.1) is 0 Å². The smallest absolute Gasteiger partial charge is 0.305 e. The standard InChI is InChI=1S/C58H113NO5/c1-3-5-7-9-11-13-15-28-32-36-40-44-48-52-58(63)64-53-49-45-41-37-33-30-27-25-23-21-19-17-16-18-20-22-24-26-29-31-35-39-43-47-51-57(62)59-55(54-60)56(61)50-46-42-38-34-14-12-10-8-6-4-2/h46,50,55-56,60-61H,3-45,47-49,51-54H2,1-2H3,(H,59,62)/b50-46+. The first-order chi connectivity index (χ1) is 31.5. The van der Waals surface area contributed by atoms with Crippen molar-refractivity contribution in [1.29, 1.82) is 0 Å². The Kier molecular flexibility index (Phi) is 53.0. The number of aliphatic hydroxyl groups is 2. The van der Waals surface area contributed by atoms with Crippen LogP contribution in [0.15, 0.2) is 12.2 Å². The highest BCUT2D eigenvalue weighted by molar-refractivity contribution is 5.76. The van der Waals surface area contributed by atoms with Crippen LogP contribution in [0.25, 0.3) is 0 Å². The Bertz CT molecular complexity index is 955. The SMILES string of the molecule is CCCCCCCCCC/C=C/C(O)C(CO)NC(=O)CCCCCCCCCCCCCCCCCCCCCCCCCCOC(=O)CCCCCCCCCCCCCCC. The third-order valence-electron chi connectivity index (χ3n) is 13.6. The normalized spacial score (nSPS) is 12.6. The number of hydrogen-bond acceptors (Lipinski definition) is 5. The van der Waals surface area contributed by atoms with E-state index >= 15 is 0 Å². The van der Waals surface area contributed by atoms with Crippen molar-refractivity contribution in [2.75, 3.05) is 13.2 Å². The van der Waals surface area contributed by atoms with Gasteiger partial charge in [0, 0.05) is 12.8 Å². The highest BCUT2D eigenvalue weighted by Gasteiger charge is 2.18. The van der Waals surface area contributed by atoms with Gasteiger partial charge in [-0.05, 0) is 32.1 Å². The molecule has 0 spiro atoms. The van der Waals surface area contributed by atoms with Crippen LogP contribution in [0.1, 0.15) is 322 Å². The highest BCUT2D eigenvalue weighted by Crippen LogP contribution is 2.17. The lowest BCUT2D eigenvalue weighted by Gasteiger charge is -2.20. The van der Waals surface area contributed by atoms with E-state index in [0.29, 0.717) is 19.4 Å². The third kappa shape index (κ3) is 50.0. The van der Waals surface area contributed by atoms with E-state index in [4.69, 9.17) is 4.74 Å². The van der Waals surface area contributed by atoms with Crippen LogP contribution in [0.2, 0.25) is 0 Å². The zero-order valence-corrected chi connectivity index (χ0v) is 43.3. The molecule has 0 heterocycles. The molecule has 2 unspecified atom stereocenters. The number of ether oxygens (including phenoxy) is 1. The van der Waals surface area contributed by atoms with Gasteiger partial charge in [0.1, 0.15) is 0 Å². The molecule has 0 aliphatic rings. The first kappa shape index (κ1) is 62.6. The first-order valence-corrected chi connectivity index (χ1v) is 29.0. The van der Waals surface area contributed by atoms with E-state index in [1.807, 2.05) is 6.08 Å². The van der Waals surface area contributed by atoms with Gasteiger partial charge in [0.05, 0.1) is 25.4 Å². The molecule has 6 heteroatoms. The number of rotatable bonds is 54. The number of esters is 1. The molecule has 2 atom stereocenters. The van der Waals surface area contributed by atoms with E-state index in [1.54, 1.807) is 6.08 Å². The van der Waals surface area contributed by atoms with Crippen molar-refractivity contribution in [1.82, 2.24) is 5.32 Å². The zero-order chi connectivity index (χ0) is 46.5. The van der Waals surface area contributed by atoms with Crippen LogP contribution in [0.5, 0.6) is 0 Å². The summed E-state index contributed by atoms with van der Waals surface area (Å²) in [6.07, 6.45) is 63.9. The molecule has 0 bridgehead atoms. The fourth-order valence-corrected chi connectivity index (χ4v) is 9.11. The minimum absolute atomic E-state index is 0.0167. The Hall–Kier alpha value is -1.40. The predicted octanol–water partition coefficient (Wildman–Crippen LogP) is 17.7. The molecule has 0 fully saturated rings. The average Bonchev–Trinajstić information content (AvgIpc) is 3.29. The number of nitrogens with one attached hydrogen (secondary N) is 1. The van der Waals surface area contributed by atoms with Gasteiger partial charge < -0.3 is 20.3 Å². The van der Waals surface area contributed by atoms with Gasteiger partial charge in [0.2, 0.25) is 5.91 Å². The number of aliphatic hydroxyl groups excluding tert-OH is 2. The molecule has 3 N–H and O–H groups in total. The number of amides is 1. The molecule has 380 valence electrons. The topological polar surface area (TPSA) is 95.9 Å². The maximum Gasteiger partial charge on any atom is 0.305 e. The second kappa shape index (κ2) is 54.2. The summed E-state index contributed by atoms with van der Waals surface area (Å²) < 4.78 is 5.48.